The van der Waals surface area contributed by atoms with Gasteiger partial charge in [0.25, 0.3) is 5.17 Å². The first-order valence-electron chi connectivity index (χ1n) is 8.41. The predicted octanol–water partition coefficient (Wildman–Crippen LogP) is 5.98. The molecule has 0 fully saturated rings. The van der Waals surface area contributed by atoms with E-state index in [1.807, 2.05) is 42.5 Å². The topological polar surface area (TPSA) is 21.3 Å². The van der Waals surface area contributed by atoms with Gasteiger partial charge in [-0.25, -0.2) is 0 Å². The SMILES string of the molecule is CCCCCCCc1ccccc1OC(=S)Nc1ccccc1. The molecule has 0 aromatic heterocycles. The van der Waals surface area contributed by atoms with E-state index in [1.165, 1.54) is 37.7 Å². The molecule has 2 aromatic rings. The van der Waals surface area contributed by atoms with Crippen LogP contribution in [0.5, 0.6) is 5.75 Å². The minimum atomic E-state index is 0.384. The van der Waals surface area contributed by atoms with Crippen LogP contribution in [-0.2, 0) is 6.42 Å². The van der Waals surface area contributed by atoms with Crippen molar-refractivity contribution in [3.63, 3.8) is 0 Å². The summed E-state index contributed by atoms with van der Waals surface area (Å²) in [6.45, 7) is 2.24. The highest BCUT2D eigenvalue weighted by Crippen LogP contribution is 2.21. The molecule has 0 radical (unpaired) electrons. The van der Waals surface area contributed by atoms with Gasteiger partial charge in [-0.1, -0.05) is 69.0 Å². The van der Waals surface area contributed by atoms with Crippen LogP contribution >= 0.6 is 12.2 Å². The number of hydrogen-bond donors (Lipinski definition) is 1. The molecule has 3 heteroatoms. The van der Waals surface area contributed by atoms with Gasteiger partial charge in [-0.2, -0.15) is 0 Å². The fraction of sp³-hybridized carbons (Fsp3) is 0.350. The molecule has 0 aliphatic heterocycles. The second-order valence-corrected chi connectivity index (χ2v) is 6.02. The number of para-hydroxylation sites is 2. The smallest absolute Gasteiger partial charge is 0.266 e. The van der Waals surface area contributed by atoms with Crippen molar-refractivity contribution in [2.45, 2.75) is 45.4 Å². The Balaban J connectivity index is 1.88. The van der Waals surface area contributed by atoms with Crippen LogP contribution in [0.4, 0.5) is 5.69 Å². The van der Waals surface area contributed by atoms with Gasteiger partial charge in [-0.15, -0.1) is 0 Å². The largest absolute Gasteiger partial charge is 0.431 e. The van der Waals surface area contributed by atoms with Gasteiger partial charge in [0.2, 0.25) is 0 Å². The van der Waals surface area contributed by atoms with E-state index in [0.29, 0.717) is 5.17 Å². The van der Waals surface area contributed by atoms with E-state index in [-0.39, 0.29) is 0 Å². The lowest BCUT2D eigenvalue weighted by Crippen LogP contribution is -2.17. The van der Waals surface area contributed by atoms with Crippen molar-refractivity contribution < 1.29 is 4.74 Å². The highest BCUT2D eigenvalue weighted by Gasteiger charge is 2.06. The van der Waals surface area contributed by atoms with Crippen molar-refractivity contribution in [3.05, 3.63) is 60.2 Å². The molecule has 0 saturated carbocycles. The van der Waals surface area contributed by atoms with Crippen LogP contribution in [-0.4, -0.2) is 5.17 Å². The Morgan fingerprint density at radius 1 is 0.913 bits per heavy atom. The molecule has 0 unspecified atom stereocenters. The summed E-state index contributed by atoms with van der Waals surface area (Å²) >= 11 is 5.31. The third-order valence-corrected chi connectivity index (χ3v) is 3.93. The van der Waals surface area contributed by atoms with Gasteiger partial charge >= 0.3 is 0 Å². The number of ether oxygens (including phenoxy) is 1. The van der Waals surface area contributed by atoms with Crippen LogP contribution in [0.2, 0.25) is 0 Å². The normalized spacial score (nSPS) is 10.3. The number of benzene rings is 2. The zero-order valence-corrected chi connectivity index (χ0v) is 14.6. The lowest BCUT2D eigenvalue weighted by atomic mass is 10.0. The quantitative estimate of drug-likeness (QED) is 0.476. The van der Waals surface area contributed by atoms with E-state index in [1.54, 1.807) is 0 Å². The molecule has 2 nitrogen and oxygen atoms in total. The predicted molar refractivity (Wildman–Crippen MR) is 102 cm³/mol. The molecule has 122 valence electrons. The molecule has 0 amide bonds. The molecule has 0 bridgehead atoms. The molecule has 0 saturated heterocycles. The van der Waals surface area contributed by atoms with Crippen LogP contribution in [0.15, 0.2) is 54.6 Å². The first-order valence-corrected chi connectivity index (χ1v) is 8.82. The van der Waals surface area contributed by atoms with Gasteiger partial charge in [-0.05, 0) is 48.8 Å². The zero-order chi connectivity index (χ0) is 16.3. The summed E-state index contributed by atoms with van der Waals surface area (Å²) in [5.74, 6) is 0.858. The maximum Gasteiger partial charge on any atom is 0.266 e. The van der Waals surface area contributed by atoms with Crippen molar-refractivity contribution in [2.24, 2.45) is 0 Å². The van der Waals surface area contributed by atoms with E-state index in [4.69, 9.17) is 17.0 Å². The zero-order valence-electron chi connectivity index (χ0n) is 13.8. The third kappa shape index (κ3) is 6.41. The van der Waals surface area contributed by atoms with Crippen molar-refractivity contribution >= 4 is 23.1 Å². The molecular weight excluding hydrogens is 302 g/mol. The van der Waals surface area contributed by atoms with Gasteiger partial charge in [0.15, 0.2) is 0 Å². The highest BCUT2D eigenvalue weighted by molar-refractivity contribution is 7.80. The number of hydrogen-bond acceptors (Lipinski definition) is 2. The Labute approximate surface area is 144 Å². The van der Waals surface area contributed by atoms with Crippen LogP contribution < -0.4 is 10.1 Å². The van der Waals surface area contributed by atoms with Crippen molar-refractivity contribution in [1.82, 2.24) is 0 Å². The third-order valence-electron chi connectivity index (χ3n) is 3.75. The van der Waals surface area contributed by atoms with Crippen LogP contribution in [0.1, 0.15) is 44.6 Å². The number of nitrogens with one attached hydrogen (secondary N) is 1. The molecule has 0 aliphatic carbocycles. The summed E-state index contributed by atoms with van der Waals surface area (Å²) in [5.41, 5.74) is 2.16. The van der Waals surface area contributed by atoms with E-state index >= 15 is 0 Å². The first-order chi connectivity index (χ1) is 11.3. The minimum absolute atomic E-state index is 0.384. The van der Waals surface area contributed by atoms with Gasteiger partial charge in [0, 0.05) is 5.69 Å². The summed E-state index contributed by atoms with van der Waals surface area (Å²) in [7, 11) is 0. The fourth-order valence-electron chi connectivity index (χ4n) is 2.49. The molecule has 0 atom stereocenters. The Morgan fingerprint density at radius 3 is 2.39 bits per heavy atom. The van der Waals surface area contributed by atoms with E-state index < -0.39 is 0 Å². The Bertz CT molecular complexity index is 598. The van der Waals surface area contributed by atoms with Crippen LogP contribution in [0.25, 0.3) is 0 Å². The summed E-state index contributed by atoms with van der Waals surface area (Å²) in [6, 6.07) is 18.0. The number of unbranched alkanes of at least 4 members (excludes halogenated alkanes) is 4. The molecular formula is C20H25NOS. The number of thiocarbonyl (C=S) groups is 1. The highest BCUT2D eigenvalue weighted by atomic mass is 32.1. The number of aryl methyl sites for hydroxylation is 1. The second kappa shape index (κ2) is 10.0. The van der Waals surface area contributed by atoms with Crippen LogP contribution in [0, 0.1) is 0 Å². The molecule has 2 aromatic carbocycles. The maximum absolute atomic E-state index is 5.85. The van der Waals surface area contributed by atoms with Crippen molar-refractivity contribution in [1.29, 1.82) is 0 Å². The fourth-order valence-corrected chi connectivity index (χ4v) is 2.70. The summed E-state index contributed by atoms with van der Waals surface area (Å²) in [5, 5.41) is 3.49. The monoisotopic (exact) mass is 327 g/mol. The molecule has 1 N–H and O–H groups in total. The lowest BCUT2D eigenvalue weighted by Gasteiger charge is -2.13. The minimum Gasteiger partial charge on any atom is -0.431 e. The average Bonchev–Trinajstić information content (AvgIpc) is 2.57. The summed E-state index contributed by atoms with van der Waals surface area (Å²) in [4.78, 5) is 0. The van der Waals surface area contributed by atoms with Gasteiger partial charge in [-0.3, -0.25) is 0 Å². The molecule has 23 heavy (non-hydrogen) atoms. The second-order valence-electron chi connectivity index (χ2n) is 5.65. The standard InChI is InChI=1S/C20H25NOS/c1-2-3-4-5-7-12-17-13-10-11-16-19(17)22-20(23)21-18-14-8-6-9-15-18/h6,8-11,13-16H,2-5,7,12H2,1H3,(H,21,23). The van der Waals surface area contributed by atoms with Crippen LogP contribution in [0.3, 0.4) is 0 Å². The van der Waals surface area contributed by atoms with Gasteiger partial charge in [0.1, 0.15) is 5.75 Å². The number of rotatable bonds is 8. The van der Waals surface area contributed by atoms with E-state index in [2.05, 4.69) is 24.4 Å². The summed E-state index contributed by atoms with van der Waals surface area (Å²) in [6.07, 6.45) is 7.41. The average molecular weight is 327 g/mol. The van der Waals surface area contributed by atoms with Gasteiger partial charge in [0.05, 0.1) is 0 Å². The number of anilines is 1. The van der Waals surface area contributed by atoms with Crippen molar-refractivity contribution in [3.8, 4) is 5.75 Å². The lowest BCUT2D eigenvalue weighted by molar-refractivity contribution is 0.548. The molecule has 0 heterocycles. The Morgan fingerprint density at radius 2 is 1.61 bits per heavy atom. The van der Waals surface area contributed by atoms with Crippen molar-refractivity contribution in [2.75, 3.05) is 5.32 Å². The first kappa shape index (κ1) is 17.5. The Hall–Kier alpha value is -1.87. The maximum atomic E-state index is 5.85. The van der Waals surface area contributed by atoms with Gasteiger partial charge < -0.3 is 10.1 Å². The van der Waals surface area contributed by atoms with E-state index in [0.717, 1.165) is 17.9 Å². The summed E-state index contributed by atoms with van der Waals surface area (Å²) < 4.78 is 5.85. The Kier molecular flexibility index (Phi) is 7.61. The molecule has 2 rings (SSSR count). The van der Waals surface area contributed by atoms with E-state index in [9.17, 15) is 0 Å². The molecule has 0 aliphatic rings. The molecule has 0 spiro atoms.